The maximum absolute atomic E-state index is 12.6. The second-order valence-electron chi connectivity index (χ2n) is 5.54. The molecule has 1 atom stereocenters. The highest BCUT2D eigenvalue weighted by Crippen LogP contribution is 2.17. The molecular weight excluding hydrogens is 314 g/mol. The number of carbonyl (C=O) groups is 1. The Morgan fingerprint density at radius 3 is 2.13 bits per heavy atom. The summed E-state index contributed by atoms with van der Waals surface area (Å²) in [6, 6.07) is 5.89. The van der Waals surface area contributed by atoms with E-state index in [0.29, 0.717) is 25.2 Å². The predicted octanol–water partition coefficient (Wildman–Crippen LogP) is 1.57. The molecule has 0 saturated carbocycles. The molecular formula is C16H27N3O3S. The normalized spacial score (nSPS) is 13.1. The first-order valence-electron chi connectivity index (χ1n) is 7.97. The molecule has 0 saturated heterocycles. The number of rotatable bonds is 9. The number of benzene rings is 1. The van der Waals surface area contributed by atoms with E-state index in [2.05, 4.69) is 5.32 Å². The largest absolute Gasteiger partial charge is 0.348 e. The molecule has 7 heteroatoms. The fraction of sp³-hybridized carbons (Fsp3) is 0.562. The van der Waals surface area contributed by atoms with Crippen molar-refractivity contribution in [3.8, 4) is 0 Å². The summed E-state index contributed by atoms with van der Waals surface area (Å²) in [5.74, 6) is -0.258. The van der Waals surface area contributed by atoms with Gasteiger partial charge in [-0.25, -0.2) is 8.42 Å². The van der Waals surface area contributed by atoms with Crippen LogP contribution in [0.25, 0.3) is 0 Å². The molecule has 0 fully saturated rings. The average molecular weight is 341 g/mol. The molecule has 1 amide bonds. The van der Waals surface area contributed by atoms with Crippen molar-refractivity contribution in [3.05, 3.63) is 29.8 Å². The van der Waals surface area contributed by atoms with Crippen LogP contribution in [0.2, 0.25) is 0 Å². The topological polar surface area (TPSA) is 92.5 Å². The van der Waals surface area contributed by atoms with Crippen LogP contribution in [0.4, 0.5) is 0 Å². The molecule has 0 radical (unpaired) electrons. The van der Waals surface area contributed by atoms with Crippen LogP contribution >= 0.6 is 0 Å². The lowest BCUT2D eigenvalue weighted by molar-refractivity contribution is 0.0941. The van der Waals surface area contributed by atoms with Crippen molar-refractivity contribution in [3.63, 3.8) is 0 Å². The minimum atomic E-state index is -3.51. The molecule has 0 heterocycles. The van der Waals surface area contributed by atoms with Crippen LogP contribution in [0.15, 0.2) is 29.2 Å². The van der Waals surface area contributed by atoms with E-state index in [9.17, 15) is 13.2 Å². The Morgan fingerprint density at radius 2 is 1.70 bits per heavy atom. The van der Waals surface area contributed by atoms with Crippen LogP contribution in [0.5, 0.6) is 0 Å². The highest BCUT2D eigenvalue weighted by Gasteiger charge is 2.23. The predicted molar refractivity (Wildman–Crippen MR) is 91.8 cm³/mol. The minimum Gasteiger partial charge on any atom is -0.348 e. The van der Waals surface area contributed by atoms with E-state index in [1.54, 1.807) is 0 Å². The average Bonchev–Trinajstić information content (AvgIpc) is 2.54. The Bertz CT molecular complexity index is 594. The summed E-state index contributed by atoms with van der Waals surface area (Å²) < 4.78 is 26.7. The molecule has 6 nitrogen and oxygen atoms in total. The van der Waals surface area contributed by atoms with Gasteiger partial charge < -0.3 is 11.1 Å². The van der Waals surface area contributed by atoms with Gasteiger partial charge in [-0.1, -0.05) is 13.8 Å². The third kappa shape index (κ3) is 5.30. The lowest BCUT2D eigenvalue weighted by Gasteiger charge is -2.21. The van der Waals surface area contributed by atoms with E-state index in [1.165, 1.54) is 28.6 Å². The van der Waals surface area contributed by atoms with Crippen molar-refractivity contribution >= 4 is 15.9 Å². The van der Waals surface area contributed by atoms with E-state index in [4.69, 9.17) is 5.73 Å². The summed E-state index contributed by atoms with van der Waals surface area (Å²) in [4.78, 5) is 12.2. The molecule has 0 aliphatic heterocycles. The van der Waals surface area contributed by atoms with E-state index in [-0.39, 0.29) is 16.8 Å². The van der Waals surface area contributed by atoms with Gasteiger partial charge in [0.15, 0.2) is 0 Å². The first-order valence-corrected chi connectivity index (χ1v) is 9.41. The molecule has 23 heavy (non-hydrogen) atoms. The Hall–Kier alpha value is -1.44. The zero-order chi connectivity index (χ0) is 17.5. The van der Waals surface area contributed by atoms with Gasteiger partial charge in [0.2, 0.25) is 10.0 Å². The summed E-state index contributed by atoms with van der Waals surface area (Å²) in [7, 11) is -3.51. The second-order valence-corrected chi connectivity index (χ2v) is 7.48. The van der Waals surface area contributed by atoms with Crippen LogP contribution < -0.4 is 11.1 Å². The second kappa shape index (κ2) is 9.00. The highest BCUT2D eigenvalue weighted by atomic mass is 32.2. The summed E-state index contributed by atoms with van der Waals surface area (Å²) >= 11 is 0. The number of amides is 1. The molecule has 130 valence electrons. The van der Waals surface area contributed by atoms with Crippen LogP contribution in [0.3, 0.4) is 0 Å². The summed E-state index contributed by atoms with van der Waals surface area (Å²) in [6.07, 6.45) is 1.52. The number of hydrogen-bond acceptors (Lipinski definition) is 4. The van der Waals surface area contributed by atoms with Crippen LogP contribution in [-0.2, 0) is 10.0 Å². The van der Waals surface area contributed by atoms with E-state index in [0.717, 1.165) is 12.8 Å². The molecule has 1 aromatic carbocycles. The minimum absolute atomic E-state index is 0.129. The lowest BCUT2D eigenvalue weighted by atomic mass is 10.2. The van der Waals surface area contributed by atoms with Gasteiger partial charge in [0.05, 0.1) is 4.90 Å². The summed E-state index contributed by atoms with van der Waals surface area (Å²) in [5.41, 5.74) is 5.89. The van der Waals surface area contributed by atoms with Crippen LogP contribution in [-0.4, -0.2) is 44.3 Å². The summed E-state index contributed by atoms with van der Waals surface area (Å²) in [5, 5.41) is 2.74. The maximum Gasteiger partial charge on any atom is 0.251 e. The quantitative estimate of drug-likeness (QED) is 0.713. The Morgan fingerprint density at radius 1 is 1.17 bits per heavy atom. The number of sulfonamides is 1. The Labute approximate surface area is 139 Å². The van der Waals surface area contributed by atoms with Gasteiger partial charge in [-0.2, -0.15) is 4.31 Å². The SMILES string of the molecule is CCCN(CCC)S(=O)(=O)c1ccc(C(=O)N[C@@H](C)CN)cc1. The Kier molecular flexibility index (Phi) is 7.67. The van der Waals surface area contributed by atoms with Crippen molar-refractivity contribution in [2.45, 2.75) is 44.6 Å². The fourth-order valence-corrected chi connectivity index (χ4v) is 3.77. The van der Waals surface area contributed by atoms with E-state index >= 15 is 0 Å². The van der Waals surface area contributed by atoms with E-state index in [1.807, 2.05) is 20.8 Å². The Balaban J connectivity index is 2.95. The van der Waals surface area contributed by atoms with Gasteiger partial charge in [0.1, 0.15) is 0 Å². The van der Waals surface area contributed by atoms with Gasteiger partial charge in [-0.05, 0) is 44.0 Å². The smallest absolute Gasteiger partial charge is 0.251 e. The number of nitrogens with one attached hydrogen (secondary N) is 1. The zero-order valence-corrected chi connectivity index (χ0v) is 14.9. The van der Waals surface area contributed by atoms with Gasteiger partial charge in [0, 0.05) is 31.2 Å². The summed E-state index contributed by atoms with van der Waals surface area (Å²) in [6.45, 7) is 7.04. The molecule has 1 rings (SSSR count). The fourth-order valence-electron chi connectivity index (χ4n) is 2.14. The van der Waals surface area contributed by atoms with Crippen molar-refractivity contribution in [1.82, 2.24) is 9.62 Å². The first-order chi connectivity index (χ1) is 10.9. The van der Waals surface area contributed by atoms with Crippen molar-refractivity contribution in [1.29, 1.82) is 0 Å². The molecule has 0 aliphatic rings. The molecule has 3 N–H and O–H groups in total. The number of hydrogen-bond donors (Lipinski definition) is 2. The number of nitrogens with two attached hydrogens (primary N) is 1. The molecule has 0 bridgehead atoms. The van der Waals surface area contributed by atoms with Gasteiger partial charge >= 0.3 is 0 Å². The van der Waals surface area contributed by atoms with Gasteiger partial charge in [-0.15, -0.1) is 0 Å². The monoisotopic (exact) mass is 341 g/mol. The maximum atomic E-state index is 12.6. The highest BCUT2D eigenvalue weighted by molar-refractivity contribution is 7.89. The van der Waals surface area contributed by atoms with Crippen molar-refractivity contribution in [2.24, 2.45) is 5.73 Å². The molecule has 0 aromatic heterocycles. The molecule has 1 aromatic rings. The number of carbonyl (C=O) groups excluding carboxylic acids is 1. The third-order valence-corrected chi connectivity index (χ3v) is 5.34. The first kappa shape index (κ1) is 19.6. The van der Waals surface area contributed by atoms with Gasteiger partial charge in [-0.3, -0.25) is 4.79 Å². The molecule has 0 aliphatic carbocycles. The molecule has 0 unspecified atom stereocenters. The third-order valence-electron chi connectivity index (χ3n) is 3.43. The molecule has 0 spiro atoms. The van der Waals surface area contributed by atoms with E-state index < -0.39 is 10.0 Å². The van der Waals surface area contributed by atoms with Crippen LogP contribution in [0, 0.1) is 0 Å². The van der Waals surface area contributed by atoms with Crippen molar-refractivity contribution in [2.75, 3.05) is 19.6 Å². The van der Waals surface area contributed by atoms with Crippen molar-refractivity contribution < 1.29 is 13.2 Å². The number of nitrogens with zero attached hydrogens (tertiary/aromatic N) is 1. The standard InChI is InChI=1S/C16H27N3O3S/c1-4-10-19(11-5-2)23(21,22)15-8-6-14(7-9-15)16(20)18-13(3)12-17/h6-9,13H,4-5,10-12,17H2,1-3H3,(H,18,20)/t13-/m0/s1. The zero-order valence-electron chi connectivity index (χ0n) is 14.1. The van der Waals surface area contributed by atoms with Crippen LogP contribution in [0.1, 0.15) is 44.0 Å². The van der Waals surface area contributed by atoms with Gasteiger partial charge in [0.25, 0.3) is 5.91 Å². The lowest BCUT2D eigenvalue weighted by Crippen LogP contribution is -2.37.